The summed E-state index contributed by atoms with van der Waals surface area (Å²) < 4.78 is 5.15. The van der Waals surface area contributed by atoms with Gasteiger partial charge >= 0.3 is 0 Å². The Morgan fingerprint density at radius 2 is 2.06 bits per heavy atom. The standard InChI is InChI=1S/C13H24N2O2/c1-9(2)6-14-13(16)10(3)11(4)15(5)12-7-17-8-12/h9,11-12H,3,6-8H2,1-2,4-5H3,(H,14,16). The maximum absolute atomic E-state index is 11.9. The summed E-state index contributed by atoms with van der Waals surface area (Å²) in [4.78, 5) is 14.0. The summed E-state index contributed by atoms with van der Waals surface area (Å²) in [6.07, 6.45) is 0. The molecule has 0 bridgehead atoms. The van der Waals surface area contributed by atoms with E-state index in [1.807, 2.05) is 14.0 Å². The summed E-state index contributed by atoms with van der Waals surface area (Å²) in [6, 6.07) is 0.468. The van der Waals surface area contributed by atoms with E-state index in [0.717, 1.165) is 13.2 Å². The van der Waals surface area contributed by atoms with Crippen molar-refractivity contribution >= 4 is 5.91 Å². The highest BCUT2D eigenvalue weighted by molar-refractivity contribution is 5.93. The molecule has 0 aromatic heterocycles. The Morgan fingerprint density at radius 3 is 2.47 bits per heavy atom. The lowest BCUT2D eigenvalue weighted by Gasteiger charge is -2.38. The molecule has 1 aliphatic rings. The van der Waals surface area contributed by atoms with E-state index in [-0.39, 0.29) is 11.9 Å². The highest BCUT2D eigenvalue weighted by Crippen LogP contribution is 2.15. The minimum atomic E-state index is -0.0432. The molecule has 0 radical (unpaired) electrons. The number of carbonyl (C=O) groups excluding carboxylic acids is 1. The molecule has 1 amide bonds. The number of amides is 1. The molecule has 0 spiro atoms. The molecular formula is C13H24N2O2. The van der Waals surface area contributed by atoms with Crippen LogP contribution < -0.4 is 5.32 Å². The monoisotopic (exact) mass is 240 g/mol. The van der Waals surface area contributed by atoms with Crippen LogP contribution in [0.5, 0.6) is 0 Å². The molecule has 1 atom stereocenters. The SMILES string of the molecule is C=C(C(=O)NCC(C)C)C(C)N(C)C1COC1. The minimum absolute atomic E-state index is 0.0432. The molecule has 0 aromatic carbocycles. The van der Waals surface area contributed by atoms with Crippen molar-refractivity contribution < 1.29 is 9.53 Å². The van der Waals surface area contributed by atoms with E-state index in [1.165, 1.54) is 0 Å². The van der Waals surface area contributed by atoms with Crippen LogP contribution in [0.1, 0.15) is 20.8 Å². The lowest BCUT2D eigenvalue weighted by atomic mass is 10.1. The second kappa shape index (κ2) is 6.17. The number of hydrogen-bond acceptors (Lipinski definition) is 3. The van der Waals surface area contributed by atoms with Crippen molar-refractivity contribution in [1.82, 2.24) is 10.2 Å². The second-order valence-electron chi connectivity index (χ2n) is 5.16. The number of carbonyl (C=O) groups is 1. The molecule has 1 saturated heterocycles. The van der Waals surface area contributed by atoms with Gasteiger partial charge in [-0.05, 0) is 19.9 Å². The molecule has 1 unspecified atom stereocenters. The molecule has 4 nitrogen and oxygen atoms in total. The molecule has 17 heavy (non-hydrogen) atoms. The van der Waals surface area contributed by atoms with E-state index in [0.29, 0.717) is 24.1 Å². The molecule has 4 heteroatoms. The predicted molar refractivity (Wildman–Crippen MR) is 68.8 cm³/mol. The van der Waals surface area contributed by atoms with Gasteiger partial charge in [0.15, 0.2) is 0 Å². The largest absolute Gasteiger partial charge is 0.378 e. The van der Waals surface area contributed by atoms with Crippen molar-refractivity contribution in [2.24, 2.45) is 5.92 Å². The van der Waals surface area contributed by atoms with Gasteiger partial charge in [0.1, 0.15) is 0 Å². The molecule has 1 aliphatic heterocycles. The van der Waals surface area contributed by atoms with Crippen molar-refractivity contribution in [3.8, 4) is 0 Å². The van der Waals surface area contributed by atoms with Gasteiger partial charge in [0.2, 0.25) is 5.91 Å². The Morgan fingerprint density at radius 1 is 1.47 bits per heavy atom. The second-order valence-corrected chi connectivity index (χ2v) is 5.16. The van der Waals surface area contributed by atoms with Gasteiger partial charge in [-0.1, -0.05) is 20.4 Å². The van der Waals surface area contributed by atoms with Crippen LogP contribution in [-0.4, -0.2) is 49.7 Å². The van der Waals surface area contributed by atoms with Crippen LogP contribution in [0.4, 0.5) is 0 Å². The van der Waals surface area contributed by atoms with E-state index < -0.39 is 0 Å². The molecule has 0 aromatic rings. The van der Waals surface area contributed by atoms with Crippen LogP contribution in [0.25, 0.3) is 0 Å². The molecule has 1 fully saturated rings. The Balaban J connectivity index is 2.41. The van der Waals surface area contributed by atoms with Crippen LogP contribution in [0, 0.1) is 5.92 Å². The first kappa shape index (κ1) is 14.2. The Bertz CT molecular complexity index is 285. The Hall–Kier alpha value is -0.870. The maximum atomic E-state index is 11.9. The summed E-state index contributed by atoms with van der Waals surface area (Å²) in [5.41, 5.74) is 0.625. The first-order valence-corrected chi connectivity index (χ1v) is 6.20. The van der Waals surface area contributed by atoms with E-state index in [9.17, 15) is 4.79 Å². The van der Waals surface area contributed by atoms with Gasteiger partial charge in [0.25, 0.3) is 0 Å². The number of nitrogens with zero attached hydrogens (tertiary/aromatic N) is 1. The van der Waals surface area contributed by atoms with Crippen LogP contribution in [0.15, 0.2) is 12.2 Å². The van der Waals surface area contributed by atoms with Crippen molar-refractivity contribution in [2.45, 2.75) is 32.9 Å². The van der Waals surface area contributed by atoms with Gasteiger partial charge in [0.05, 0.1) is 19.3 Å². The van der Waals surface area contributed by atoms with Gasteiger partial charge in [-0.15, -0.1) is 0 Å². The smallest absolute Gasteiger partial charge is 0.248 e. The number of hydrogen-bond donors (Lipinski definition) is 1. The van der Waals surface area contributed by atoms with E-state index in [4.69, 9.17) is 4.74 Å². The molecule has 0 aliphatic carbocycles. The maximum Gasteiger partial charge on any atom is 0.248 e. The third-order valence-electron chi connectivity index (χ3n) is 3.27. The highest BCUT2D eigenvalue weighted by atomic mass is 16.5. The molecular weight excluding hydrogens is 216 g/mol. The van der Waals surface area contributed by atoms with Crippen LogP contribution in [0.3, 0.4) is 0 Å². The molecule has 0 saturated carbocycles. The zero-order valence-electron chi connectivity index (χ0n) is 11.3. The summed E-state index contributed by atoms with van der Waals surface area (Å²) >= 11 is 0. The zero-order valence-corrected chi connectivity index (χ0v) is 11.3. The van der Waals surface area contributed by atoms with Gasteiger partial charge in [-0.3, -0.25) is 9.69 Å². The fraction of sp³-hybridized carbons (Fsp3) is 0.769. The van der Waals surface area contributed by atoms with Crippen molar-refractivity contribution in [3.63, 3.8) is 0 Å². The summed E-state index contributed by atoms with van der Waals surface area (Å²) in [5, 5.41) is 2.90. The van der Waals surface area contributed by atoms with Gasteiger partial charge < -0.3 is 10.1 Å². The number of rotatable bonds is 6. The summed E-state index contributed by atoms with van der Waals surface area (Å²) in [6.45, 7) is 12.3. The van der Waals surface area contributed by atoms with E-state index in [1.54, 1.807) is 0 Å². The van der Waals surface area contributed by atoms with Gasteiger partial charge in [-0.25, -0.2) is 0 Å². The fourth-order valence-corrected chi connectivity index (χ4v) is 1.62. The lowest BCUT2D eigenvalue weighted by molar-refractivity contribution is -0.119. The van der Waals surface area contributed by atoms with E-state index in [2.05, 4.69) is 30.6 Å². The first-order valence-electron chi connectivity index (χ1n) is 6.20. The lowest BCUT2D eigenvalue weighted by Crippen LogP contribution is -2.52. The topological polar surface area (TPSA) is 41.6 Å². The van der Waals surface area contributed by atoms with Gasteiger partial charge in [0, 0.05) is 18.2 Å². The average molecular weight is 240 g/mol. The molecule has 1 rings (SSSR count). The molecule has 1 heterocycles. The third-order valence-corrected chi connectivity index (χ3v) is 3.27. The predicted octanol–water partition coefficient (Wildman–Crippen LogP) is 1.03. The first-order chi connectivity index (χ1) is 7.93. The Kier molecular flexibility index (Phi) is 5.15. The number of likely N-dealkylation sites (N-methyl/N-ethyl adjacent to an activating group) is 1. The van der Waals surface area contributed by atoms with Gasteiger partial charge in [-0.2, -0.15) is 0 Å². The fourth-order valence-electron chi connectivity index (χ4n) is 1.62. The Labute approximate surface area is 104 Å². The number of ether oxygens (including phenoxy) is 1. The number of nitrogens with one attached hydrogen (secondary N) is 1. The highest BCUT2D eigenvalue weighted by Gasteiger charge is 2.29. The zero-order chi connectivity index (χ0) is 13.0. The van der Waals surface area contributed by atoms with Crippen molar-refractivity contribution in [3.05, 3.63) is 12.2 Å². The third kappa shape index (κ3) is 3.82. The van der Waals surface area contributed by atoms with Crippen LogP contribution in [0.2, 0.25) is 0 Å². The normalized spacial score (nSPS) is 18.0. The van der Waals surface area contributed by atoms with E-state index >= 15 is 0 Å². The summed E-state index contributed by atoms with van der Waals surface area (Å²) in [5.74, 6) is 0.415. The van der Waals surface area contributed by atoms with Crippen LogP contribution >= 0.6 is 0 Å². The summed E-state index contributed by atoms with van der Waals surface area (Å²) in [7, 11) is 2.01. The van der Waals surface area contributed by atoms with Crippen molar-refractivity contribution in [1.29, 1.82) is 0 Å². The molecule has 98 valence electrons. The average Bonchev–Trinajstić information content (AvgIpc) is 2.21. The van der Waals surface area contributed by atoms with Crippen molar-refractivity contribution in [2.75, 3.05) is 26.8 Å². The minimum Gasteiger partial charge on any atom is -0.378 e. The molecule has 1 N–H and O–H groups in total. The van der Waals surface area contributed by atoms with Crippen LogP contribution in [-0.2, 0) is 9.53 Å². The quantitative estimate of drug-likeness (QED) is 0.705.